The van der Waals surface area contributed by atoms with Gasteiger partial charge in [-0.3, -0.25) is 14.0 Å². The SMILES string of the molecule is Cc1cccnc1CS(=O)CC1(CC(=O)O)CC1. The number of nitrogens with zero attached hydrogens (tertiary/aromatic N) is 1. The number of hydrogen-bond donors (Lipinski definition) is 1. The van der Waals surface area contributed by atoms with Crippen molar-refractivity contribution in [1.82, 2.24) is 4.98 Å². The summed E-state index contributed by atoms with van der Waals surface area (Å²) in [6, 6.07) is 3.80. The summed E-state index contributed by atoms with van der Waals surface area (Å²) in [6.45, 7) is 1.95. The minimum Gasteiger partial charge on any atom is -0.481 e. The molecule has 1 heterocycles. The van der Waals surface area contributed by atoms with Crippen molar-refractivity contribution in [3.63, 3.8) is 0 Å². The Morgan fingerprint density at radius 1 is 1.56 bits per heavy atom. The van der Waals surface area contributed by atoms with E-state index >= 15 is 0 Å². The molecule has 0 spiro atoms. The van der Waals surface area contributed by atoms with Crippen molar-refractivity contribution in [3.8, 4) is 0 Å². The van der Waals surface area contributed by atoms with Gasteiger partial charge in [-0.1, -0.05) is 6.07 Å². The number of pyridine rings is 1. The Hall–Kier alpha value is -1.23. The van der Waals surface area contributed by atoms with Crippen molar-refractivity contribution < 1.29 is 14.1 Å². The van der Waals surface area contributed by atoms with Gasteiger partial charge in [-0.15, -0.1) is 0 Å². The molecule has 4 nitrogen and oxygen atoms in total. The van der Waals surface area contributed by atoms with E-state index in [1.54, 1.807) is 6.20 Å². The molecule has 0 radical (unpaired) electrons. The molecule has 18 heavy (non-hydrogen) atoms. The van der Waals surface area contributed by atoms with Crippen LogP contribution in [-0.2, 0) is 21.3 Å². The monoisotopic (exact) mass is 267 g/mol. The van der Waals surface area contributed by atoms with Gasteiger partial charge in [0.25, 0.3) is 0 Å². The van der Waals surface area contributed by atoms with E-state index in [1.807, 2.05) is 19.1 Å². The van der Waals surface area contributed by atoms with Crippen LogP contribution in [0.25, 0.3) is 0 Å². The first kappa shape index (κ1) is 13.2. The second-order valence-electron chi connectivity index (χ2n) is 5.07. The maximum atomic E-state index is 12.1. The molecule has 2 rings (SSSR count). The van der Waals surface area contributed by atoms with E-state index < -0.39 is 16.8 Å². The molecule has 1 atom stereocenters. The summed E-state index contributed by atoms with van der Waals surface area (Å²) in [7, 11) is -1.03. The lowest BCUT2D eigenvalue weighted by atomic mass is 10.1. The van der Waals surface area contributed by atoms with Crippen LogP contribution in [0.4, 0.5) is 0 Å². The van der Waals surface area contributed by atoms with Crippen molar-refractivity contribution in [1.29, 1.82) is 0 Å². The molecule has 1 N–H and O–H groups in total. The zero-order chi connectivity index (χ0) is 13.2. The smallest absolute Gasteiger partial charge is 0.303 e. The van der Waals surface area contributed by atoms with Crippen LogP contribution in [0.1, 0.15) is 30.5 Å². The molecular formula is C13H17NO3S. The fourth-order valence-corrected chi connectivity index (χ4v) is 3.87. The highest BCUT2D eigenvalue weighted by Gasteiger charge is 2.45. The molecule has 0 aliphatic heterocycles. The van der Waals surface area contributed by atoms with Crippen LogP contribution < -0.4 is 0 Å². The summed E-state index contributed by atoms with van der Waals surface area (Å²) in [4.78, 5) is 15.0. The molecule has 0 amide bonds. The second kappa shape index (κ2) is 5.18. The molecule has 0 saturated heterocycles. The molecule has 1 aliphatic carbocycles. The third-order valence-electron chi connectivity index (χ3n) is 3.37. The average Bonchev–Trinajstić information content (AvgIpc) is 3.00. The van der Waals surface area contributed by atoms with Gasteiger partial charge in [0.05, 0.1) is 17.9 Å². The molecule has 1 aromatic heterocycles. The van der Waals surface area contributed by atoms with E-state index in [4.69, 9.17) is 5.11 Å². The van der Waals surface area contributed by atoms with Crippen molar-refractivity contribution in [2.75, 3.05) is 5.75 Å². The lowest BCUT2D eigenvalue weighted by molar-refractivity contribution is -0.138. The average molecular weight is 267 g/mol. The summed E-state index contributed by atoms with van der Waals surface area (Å²) in [5.41, 5.74) is 1.68. The summed E-state index contributed by atoms with van der Waals surface area (Å²) in [6.07, 6.45) is 3.60. The Bertz CT molecular complexity index is 483. The molecule has 1 fully saturated rings. The first-order valence-corrected chi connectivity index (χ1v) is 7.47. The molecular weight excluding hydrogens is 250 g/mol. The maximum Gasteiger partial charge on any atom is 0.303 e. The quantitative estimate of drug-likeness (QED) is 0.854. The van der Waals surface area contributed by atoms with Crippen molar-refractivity contribution in [2.45, 2.75) is 31.9 Å². The lowest BCUT2D eigenvalue weighted by Crippen LogP contribution is -2.18. The normalized spacial score (nSPS) is 18.3. The van der Waals surface area contributed by atoms with Gasteiger partial charge >= 0.3 is 5.97 Å². The lowest BCUT2D eigenvalue weighted by Gasteiger charge is -2.12. The van der Waals surface area contributed by atoms with Crippen molar-refractivity contribution in [3.05, 3.63) is 29.6 Å². The predicted octanol–water partition coefficient (Wildman–Crippen LogP) is 1.89. The Kier molecular flexibility index (Phi) is 3.80. The highest BCUT2D eigenvalue weighted by molar-refractivity contribution is 7.84. The summed E-state index contributed by atoms with van der Waals surface area (Å²) >= 11 is 0. The molecule has 0 bridgehead atoms. The van der Waals surface area contributed by atoms with Gasteiger partial charge in [0, 0.05) is 22.7 Å². The van der Waals surface area contributed by atoms with Crippen LogP contribution in [-0.4, -0.2) is 26.0 Å². The topological polar surface area (TPSA) is 67.3 Å². The first-order valence-electron chi connectivity index (χ1n) is 5.98. The van der Waals surface area contributed by atoms with Crippen LogP contribution in [0.5, 0.6) is 0 Å². The van der Waals surface area contributed by atoms with E-state index in [-0.39, 0.29) is 11.8 Å². The number of carboxylic acid groups (broad SMARTS) is 1. The Morgan fingerprint density at radius 2 is 2.28 bits per heavy atom. The first-order chi connectivity index (χ1) is 8.51. The zero-order valence-corrected chi connectivity index (χ0v) is 11.2. The minimum absolute atomic E-state index is 0.139. The number of aromatic nitrogens is 1. The fraction of sp³-hybridized carbons (Fsp3) is 0.538. The van der Waals surface area contributed by atoms with Gasteiger partial charge in [-0.05, 0) is 36.8 Å². The highest BCUT2D eigenvalue weighted by atomic mass is 32.2. The third kappa shape index (κ3) is 3.38. The van der Waals surface area contributed by atoms with Gasteiger partial charge < -0.3 is 5.11 Å². The Balaban J connectivity index is 1.94. The van der Waals surface area contributed by atoms with E-state index in [1.165, 1.54) is 0 Å². The molecule has 98 valence electrons. The van der Waals surface area contributed by atoms with Crippen LogP contribution >= 0.6 is 0 Å². The zero-order valence-electron chi connectivity index (χ0n) is 10.4. The largest absolute Gasteiger partial charge is 0.481 e. The summed E-state index contributed by atoms with van der Waals surface area (Å²) in [5.74, 6) is 0.113. The Morgan fingerprint density at radius 3 is 2.83 bits per heavy atom. The minimum atomic E-state index is -1.03. The van der Waals surface area contributed by atoms with Crippen LogP contribution in [0.3, 0.4) is 0 Å². The third-order valence-corrected chi connectivity index (χ3v) is 4.90. The van der Waals surface area contributed by atoms with Crippen LogP contribution in [0, 0.1) is 12.3 Å². The van der Waals surface area contributed by atoms with E-state index in [9.17, 15) is 9.00 Å². The standard InChI is InChI=1S/C13H17NO3S/c1-10-3-2-6-14-11(10)8-18(17)9-13(4-5-13)7-12(15)16/h2-3,6H,4-5,7-9H2,1H3,(H,15,16). The van der Waals surface area contributed by atoms with Crippen molar-refractivity contribution >= 4 is 16.8 Å². The predicted molar refractivity (Wildman–Crippen MR) is 69.6 cm³/mol. The number of aliphatic carboxylic acids is 1. The molecule has 1 aliphatic rings. The summed E-state index contributed by atoms with van der Waals surface area (Å²) < 4.78 is 12.1. The van der Waals surface area contributed by atoms with Gasteiger partial charge in [0.15, 0.2) is 0 Å². The molecule has 1 unspecified atom stereocenters. The second-order valence-corrected chi connectivity index (χ2v) is 6.52. The number of hydrogen-bond acceptors (Lipinski definition) is 3. The van der Waals surface area contributed by atoms with Gasteiger partial charge in [0.2, 0.25) is 0 Å². The van der Waals surface area contributed by atoms with E-state index in [2.05, 4.69) is 4.98 Å². The number of carbonyl (C=O) groups is 1. The molecule has 1 saturated carbocycles. The van der Waals surface area contributed by atoms with Gasteiger partial charge in [-0.25, -0.2) is 0 Å². The van der Waals surface area contributed by atoms with Gasteiger partial charge in [-0.2, -0.15) is 0 Å². The van der Waals surface area contributed by atoms with Crippen molar-refractivity contribution in [2.24, 2.45) is 5.41 Å². The summed E-state index contributed by atoms with van der Waals surface area (Å²) in [5, 5.41) is 8.82. The number of aryl methyl sites for hydroxylation is 1. The highest BCUT2D eigenvalue weighted by Crippen LogP contribution is 2.49. The molecule has 0 aromatic carbocycles. The maximum absolute atomic E-state index is 12.1. The Labute approximate surface area is 109 Å². The van der Waals surface area contributed by atoms with Gasteiger partial charge in [0.1, 0.15) is 0 Å². The van der Waals surface area contributed by atoms with Crippen LogP contribution in [0.15, 0.2) is 18.3 Å². The van der Waals surface area contributed by atoms with Crippen LogP contribution in [0.2, 0.25) is 0 Å². The molecule has 5 heteroatoms. The number of carboxylic acids is 1. The number of rotatable bonds is 6. The molecule has 1 aromatic rings. The fourth-order valence-electron chi connectivity index (χ4n) is 2.08. The van der Waals surface area contributed by atoms with E-state index in [0.29, 0.717) is 11.5 Å². The van der Waals surface area contributed by atoms with E-state index in [0.717, 1.165) is 24.1 Å².